The fourth-order valence-corrected chi connectivity index (χ4v) is 1.22. The van der Waals surface area contributed by atoms with E-state index >= 15 is 0 Å². The standard InChI is InChI=1S/C9H19NO.C2H6/c1-4-6-8(5-2)7-9(11)10-3;1-2/h8H,4-7H2,1-3H3,(H,10,11);1-2H3. The Labute approximate surface area is 83.1 Å². The molecule has 1 atom stereocenters. The first kappa shape index (κ1) is 15.0. The van der Waals surface area contributed by atoms with Crippen molar-refractivity contribution in [3.05, 3.63) is 0 Å². The molecule has 0 aromatic rings. The molecule has 1 N–H and O–H groups in total. The van der Waals surface area contributed by atoms with Crippen molar-refractivity contribution in [3.8, 4) is 0 Å². The van der Waals surface area contributed by atoms with Crippen molar-refractivity contribution in [2.45, 2.75) is 53.4 Å². The highest BCUT2D eigenvalue weighted by atomic mass is 16.1. The Morgan fingerprint density at radius 2 is 1.85 bits per heavy atom. The quantitative estimate of drug-likeness (QED) is 0.704. The molecule has 0 aromatic heterocycles. The van der Waals surface area contributed by atoms with Gasteiger partial charge in [-0.25, -0.2) is 0 Å². The molecule has 0 aliphatic heterocycles. The molecule has 1 unspecified atom stereocenters. The minimum absolute atomic E-state index is 0.172. The Morgan fingerprint density at radius 3 is 2.15 bits per heavy atom. The number of rotatable bonds is 5. The summed E-state index contributed by atoms with van der Waals surface area (Å²) in [5.41, 5.74) is 0. The van der Waals surface area contributed by atoms with Gasteiger partial charge in [-0.3, -0.25) is 4.79 Å². The summed E-state index contributed by atoms with van der Waals surface area (Å²) < 4.78 is 0. The van der Waals surface area contributed by atoms with Crippen LogP contribution in [0.5, 0.6) is 0 Å². The molecule has 0 aromatic carbocycles. The van der Waals surface area contributed by atoms with E-state index in [0.29, 0.717) is 12.3 Å². The summed E-state index contributed by atoms with van der Waals surface area (Å²) in [7, 11) is 1.70. The Hall–Kier alpha value is -0.530. The van der Waals surface area contributed by atoms with Crippen molar-refractivity contribution in [1.82, 2.24) is 5.32 Å². The fourth-order valence-electron chi connectivity index (χ4n) is 1.22. The Bertz CT molecular complexity index is 113. The number of carbonyl (C=O) groups is 1. The number of nitrogens with one attached hydrogen (secondary N) is 1. The zero-order valence-electron chi connectivity index (χ0n) is 9.81. The van der Waals surface area contributed by atoms with Crippen LogP contribution in [-0.4, -0.2) is 13.0 Å². The molecule has 0 fully saturated rings. The Balaban J connectivity index is 0. The molecule has 0 bridgehead atoms. The highest BCUT2D eigenvalue weighted by molar-refractivity contribution is 5.75. The van der Waals surface area contributed by atoms with E-state index in [1.54, 1.807) is 7.05 Å². The van der Waals surface area contributed by atoms with E-state index < -0.39 is 0 Å². The van der Waals surface area contributed by atoms with Crippen LogP contribution < -0.4 is 5.32 Å². The molecule has 0 rings (SSSR count). The molecule has 2 heteroatoms. The summed E-state index contributed by atoms with van der Waals surface area (Å²) in [6.45, 7) is 8.30. The van der Waals surface area contributed by atoms with Gasteiger partial charge in [0.15, 0.2) is 0 Å². The van der Waals surface area contributed by atoms with Crippen molar-refractivity contribution >= 4 is 5.91 Å². The van der Waals surface area contributed by atoms with Crippen LogP contribution in [-0.2, 0) is 4.79 Å². The maximum Gasteiger partial charge on any atom is 0.220 e. The zero-order valence-corrected chi connectivity index (χ0v) is 9.81. The van der Waals surface area contributed by atoms with Gasteiger partial charge in [0.05, 0.1) is 0 Å². The molecular formula is C11H25NO. The molecule has 0 radical (unpaired) electrons. The maximum absolute atomic E-state index is 10.9. The molecular weight excluding hydrogens is 162 g/mol. The van der Waals surface area contributed by atoms with Gasteiger partial charge in [0.25, 0.3) is 0 Å². The predicted octanol–water partition coefficient (Wildman–Crippen LogP) is 2.98. The largest absolute Gasteiger partial charge is 0.359 e. The topological polar surface area (TPSA) is 29.1 Å². The van der Waals surface area contributed by atoms with Crippen molar-refractivity contribution < 1.29 is 4.79 Å². The first-order chi connectivity index (χ1) is 6.24. The second-order valence-corrected chi connectivity index (χ2v) is 2.94. The van der Waals surface area contributed by atoms with E-state index in [1.807, 2.05) is 13.8 Å². The number of hydrogen-bond acceptors (Lipinski definition) is 1. The lowest BCUT2D eigenvalue weighted by molar-refractivity contribution is -0.121. The van der Waals surface area contributed by atoms with Crippen LogP contribution in [0.1, 0.15) is 53.4 Å². The molecule has 13 heavy (non-hydrogen) atoms. The first-order valence-corrected chi connectivity index (χ1v) is 5.45. The van der Waals surface area contributed by atoms with E-state index in [1.165, 1.54) is 12.8 Å². The van der Waals surface area contributed by atoms with Crippen LogP contribution in [0.25, 0.3) is 0 Å². The summed E-state index contributed by atoms with van der Waals surface area (Å²) in [5, 5.41) is 2.65. The average Bonchev–Trinajstić information content (AvgIpc) is 2.20. The van der Waals surface area contributed by atoms with Crippen molar-refractivity contribution in [3.63, 3.8) is 0 Å². The smallest absolute Gasteiger partial charge is 0.220 e. The monoisotopic (exact) mass is 187 g/mol. The Morgan fingerprint density at radius 1 is 1.31 bits per heavy atom. The van der Waals surface area contributed by atoms with E-state index in [9.17, 15) is 4.79 Å². The lowest BCUT2D eigenvalue weighted by atomic mass is 9.97. The zero-order chi connectivity index (χ0) is 10.7. The van der Waals surface area contributed by atoms with E-state index in [-0.39, 0.29) is 5.91 Å². The molecule has 0 saturated carbocycles. The van der Waals surface area contributed by atoms with E-state index in [4.69, 9.17) is 0 Å². The highest BCUT2D eigenvalue weighted by Crippen LogP contribution is 2.14. The Kier molecular flexibility index (Phi) is 13.2. The van der Waals surface area contributed by atoms with Gasteiger partial charge in [0.1, 0.15) is 0 Å². The number of amides is 1. The van der Waals surface area contributed by atoms with Gasteiger partial charge in [-0.2, -0.15) is 0 Å². The van der Waals surface area contributed by atoms with Crippen LogP contribution in [0, 0.1) is 5.92 Å². The first-order valence-electron chi connectivity index (χ1n) is 5.45. The van der Waals surface area contributed by atoms with Crippen molar-refractivity contribution in [1.29, 1.82) is 0 Å². The van der Waals surface area contributed by atoms with Crippen LogP contribution >= 0.6 is 0 Å². The summed E-state index contributed by atoms with van der Waals surface area (Å²) in [6.07, 6.45) is 4.15. The third-order valence-electron chi connectivity index (χ3n) is 2.03. The molecule has 0 saturated heterocycles. The predicted molar refractivity (Wildman–Crippen MR) is 58.7 cm³/mol. The van der Waals surface area contributed by atoms with Gasteiger partial charge < -0.3 is 5.32 Å². The summed E-state index contributed by atoms with van der Waals surface area (Å²) in [4.78, 5) is 10.9. The molecule has 0 aliphatic carbocycles. The van der Waals surface area contributed by atoms with E-state index in [2.05, 4.69) is 19.2 Å². The number of carbonyl (C=O) groups excluding carboxylic acids is 1. The SMILES string of the molecule is CC.CCCC(CC)CC(=O)NC. The molecule has 1 amide bonds. The highest BCUT2D eigenvalue weighted by Gasteiger charge is 2.08. The van der Waals surface area contributed by atoms with Gasteiger partial charge in [0, 0.05) is 13.5 Å². The molecule has 0 aliphatic rings. The van der Waals surface area contributed by atoms with Gasteiger partial charge in [-0.05, 0) is 5.92 Å². The van der Waals surface area contributed by atoms with Crippen molar-refractivity contribution in [2.24, 2.45) is 5.92 Å². The third-order valence-corrected chi connectivity index (χ3v) is 2.03. The molecule has 2 nitrogen and oxygen atoms in total. The summed E-state index contributed by atoms with van der Waals surface area (Å²) in [6, 6.07) is 0. The second-order valence-electron chi connectivity index (χ2n) is 2.94. The van der Waals surface area contributed by atoms with Gasteiger partial charge in [-0.15, -0.1) is 0 Å². The summed E-state index contributed by atoms with van der Waals surface area (Å²) >= 11 is 0. The normalized spacial score (nSPS) is 11.2. The van der Waals surface area contributed by atoms with Gasteiger partial charge in [0.2, 0.25) is 5.91 Å². The molecule has 0 heterocycles. The van der Waals surface area contributed by atoms with Crippen molar-refractivity contribution in [2.75, 3.05) is 7.05 Å². The lowest BCUT2D eigenvalue weighted by Crippen LogP contribution is -2.20. The maximum atomic E-state index is 10.9. The van der Waals surface area contributed by atoms with Gasteiger partial charge >= 0.3 is 0 Å². The van der Waals surface area contributed by atoms with Crippen LogP contribution in [0.2, 0.25) is 0 Å². The van der Waals surface area contributed by atoms with E-state index in [0.717, 1.165) is 6.42 Å². The second kappa shape index (κ2) is 11.5. The minimum atomic E-state index is 0.172. The lowest BCUT2D eigenvalue weighted by Gasteiger charge is -2.11. The molecule has 0 spiro atoms. The van der Waals surface area contributed by atoms with Crippen LogP contribution in [0.3, 0.4) is 0 Å². The fraction of sp³-hybridized carbons (Fsp3) is 0.909. The average molecular weight is 187 g/mol. The summed E-state index contributed by atoms with van der Waals surface area (Å²) in [5.74, 6) is 0.755. The van der Waals surface area contributed by atoms with Crippen LogP contribution in [0.4, 0.5) is 0 Å². The third kappa shape index (κ3) is 9.38. The number of hydrogen-bond donors (Lipinski definition) is 1. The minimum Gasteiger partial charge on any atom is -0.359 e. The molecule has 80 valence electrons. The van der Waals surface area contributed by atoms with Crippen LogP contribution in [0.15, 0.2) is 0 Å². The van der Waals surface area contributed by atoms with Gasteiger partial charge in [-0.1, -0.05) is 47.0 Å².